The molecule has 2 atom stereocenters. The summed E-state index contributed by atoms with van der Waals surface area (Å²) >= 11 is 0. The smallest absolute Gasteiger partial charge is 0.250 e. The summed E-state index contributed by atoms with van der Waals surface area (Å²) in [6.45, 7) is 6.18. The SMILES string of the molecule is CCC(NC(=O)C1=COCCC1)C1CN(Cc2ccccc2)CCO1. The molecular weight excluding hydrogens is 316 g/mol. The molecular formula is C20H28N2O3. The average molecular weight is 344 g/mol. The molecule has 3 rings (SSSR count). The van der Waals surface area contributed by atoms with Gasteiger partial charge in [-0.3, -0.25) is 9.69 Å². The van der Waals surface area contributed by atoms with Crippen molar-refractivity contribution in [3.63, 3.8) is 0 Å². The van der Waals surface area contributed by atoms with Gasteiger partial charge in [0, 0.05) is 19.6 Å². The van der Waals surface area contributed by atoms with Gasteiger partial charge in [0.2, 0.25) is 0 Å². The molecule has 2 aliphatic heterocycles. The molecule has 5 heteroatoms. The second kappa shape index (κ2) is 9.02. The average Bonchev–Trinajstić information content (AvgIpc) is 2.67. The summed E-state index contributed by atoms with van der Waals surface area (Å²) in [5.41, 5.74) is 2.05. The monoisotopic (exact) mass is 344 g/mol. The third-order valence-corrected chi connectivity index (χ3v) is 4.86. The van der Waals surface area contributed by atoms with Gasteiger partial charge in [-0.2, -0.15) is 0 Å². The van der Waals surface area contributed by atoms with Crippen molar-refractivity contribution in [2.45, 2.75) is 44.9 Å². The van der Waals surface area contributed by atoms with Crippen molar-refractivity contribution in [3.05, 3.63) is 47.7 Å². The third-order valence-electron chi connectivity index (χ3n) is 4.86. The molecule has 1 amide bonds. The van der Waals surface area contributed by atoms with Gasteiger partial charge < -0.3 is 14.8 Å². The Morgan fingerprint density at radius 2 is 2.16 bits per heavy atom. The van der Waals surface area contributed by atoms with Crippen molar-refractivity contribution in [1.82, 2.24) is 10.2 Å². The fourth-order valence-corrected chi connectivity index (χ4v) is 3.41. The predicted octanol–water partition coefficient (Wildman–Crippen LogP) is 2.48. The number of benzene rings is 1. The Balaban J connectivity index is 1.56. The summed E-state index contributed by atoms with van der Waals surface area (Å²) in [4.78, 5) is 14.9. The molecule has 5 nitrogen and oxygen atoms in total. The lowest BCUT2D eigenvalue weighted by Gasteiger charge is -2.37. The lowest BCUT2D eigenvalue weighted by molar-refractivity contribution is -0.121. The van der Waals surface area contributed by atoms with Gasteiger partial charge in [0.15, 0.2) is 0 Å². The maximum atomic E-state index is 12.5. The number of hydrogen-bond acceptors (Lipinski definition) is 4. The summed E-state index contributed by atoms with van der Waals surface area (Å²) in [6, 6.07) is 10.5. The van der Waals surface area contributed by atoms with Crippen LogP contribution < -0.4 is 5.32 Å². The highest BCUT2D eigenvalue weighted by Crippen LogP contribution is 2.17. The van der Waals surface area contributed by atoms with E-state index in [2.05, 4.69) is 41.4 Å². The first-order valence-corrected chi connectivity index (χ1v) is 9.25. The van der Waals surface area contributed by atoms with Crippen LogP contribution in [0.2, 0.25) is 0 Å². The van der Waals surface area contributed by atoms with Gasteiger partial charge in [-0.05, 0) is 24.8 Å². The maximum absolute atomic E-state index is 12.5. The molecule has 1 N–H and O–H groups in total. The molecule has 1 fully saturated rings. The molecule has 1 saturated heterocycles. The normalized spacial score (nSPS) is 22.6. The zero-order valence-electron chi connectivity index (χ0n) is 14.9. The molecule has 1 aromatic carbocycles. The van der Waals surface area contributed by atoms with Gasteiger partial charge in [-0.25, -0.2) is 0 Å². The number of nitrogens with zero attached hydrogens (tertiary/aromatic N) is 1. The minimum Gasteiger partial charge on any atom is -0.501 e. The van der Waals surface area contributed by atoms with E-state index in [1.165, 1.54) is 5.56 Å². The van der Waals surface area contributed by atoms with Crippen molar-refractivity contribution in [1.29, 1.82) is 0 Å². The summed E-state index contributed by atoms with van der Waals surface area (Å²) in [5, 5.41) is 3.15. The molecule has 0 saturated carbocycles. The van der Waals surface area contributed by atoms with Crippen molar-refractivity contribution in [2.24, 2.45) is 0 Å². The highest BCUT2D eigenvalue weighted by molar-refractivity contribution is 5.93. The van der Waals surface area contributed by atoms with Gasteiger partial charge in [0.05, 0.1) is 37.2 Å². The molecule has 2 aliphatic rings. The van der Waals surface area contributed by atoms with Crippen LogP contribution in [0.15, 0.2) is 42.2 Å². The van der Waals surface area contributed by atoms with E-state index in [4.69, 9.17) is 9.47 Å². The number of carbonyl (C=O) groups is 1. The molecule has 0 spiro atoms. The van der Waals surface area contributed by atoms with Crippen molar-refractivity contribution in [2.75, 3.05) is 26.3 Å². The molecule has 2 heterocycles. The van der Waals surface area contributed by atoms with Gasteiger partial charge in [-0.15, -0.1) is 0 Å². The Morgan fingerprint density at radius 3 is 2.88 bits per heavy atom. The number of rotatable bonds is 6. The van der Waals surface area contributed by atoms with Crippen molar-refractivity contribution < 1.29 is 14.3 Å². The minimum atomic E-state index is -0.0182. The van der Waals surface area contributed by atoms with Crippen molar-refractivity contribution in [3.8, 4) is 0 Å². The Morgan fingerprint density at radius 1 is 1.32 bits per heavy atom. The quantitative estimate of drug-likeness (QED) is 0.861. The number of amides is 1. The zero-order valence-corrected chi connectivity index (χ0v) is 14.9. The van der Waals surface area contributed by atoms with Gasteiger partial charge in [0.25, 0.3) is 5.91 Å². The standard InChI is InChI=1S/C20H28N2O3/c1-2-18(21-20(23)17-9-6-11-24-15-17)19-14-22(10-12-25-19)13-16-7-4-3-5-8-16/h3-5,7-8,15,18-19H,2,6,9-14H2,1H3,(H,21,23). The fourth-order valence-electron chi connectivity index (χ4n) is 3.41. The lowest BCUT2D eigenvalue weighted by atomic mass is 10.0. The van der Waals surface area contributed by atoms with Crippen LogP contribution in [0, 0.1) is 0 Å². The Hall–Kier alpha value is -1.85. The highest BCUT2D eigenvalue weighted by atomic mass is 16.5. The summed E-state index contributed by atoms with van der Waals surface area (Å²) in [6.07, 6.45) is 4.17. The fraction of sp³-hybridized carbons (Fsp3) is 0.550. The zero-order chi connectivity index (χ0) is 17.5. The van der Waals surface area contributed by atoms with Crippen LogP contribution in [0.25, 0.3) is 0 Å². The maximum Gasteiger partial charge on any atom is 0.250 e. The Bertz CT molecular complexity index is 588. The van der Waals surface area contributed by atoms with Crippen LogP contribution in [-0.4, -0.2) is 49.3 Å². The van der Waals surface area contributed by atoms with Crippen LogP contribution in [0.1, 0.15) is 31.7 Å². The molecule has 0 radical (unpaired) electrons. The van der Waals surface area contributed by atoms with E-state index < -0.39 is 0 Å². The molecule has 0 aliphatic carbocycles. The minimum absolute atomic E-state index is 0.0182. The van der Waals surface area contributed by atoms with E-state index in [-0.39, 0.29) is 18.1 Å². The molecule has 2 unspecified atom stereocenters. The lowest BCUT2D eigenvalue weighted by Crippen LogP contribution is -2.53. The number of hydrogen-bond donors (Lipinski definition) is 1. The van der Waals surface area contributed by atoms with E-state index >= 15 is 0 Å². The molecule has 25 heavy (non-hydrogen) atoms. The van der Waals surface area contributed by atoms with Gasteiger partial charge in [0.1, 0.15) is 0 Å². The van der Waals surface area contributed by atoms with Gasteiger partial charge >= 0.3 is 0 Å². The summed E-state index contributed by atoms with van der Waals surface area (Å²) < 4.78 is 11.3. The van der Waals surface area contributed by atoms with Crippen LogP contribution in [0.4, 0.5) is 0 Å². The van der Waals surface area contributed by atoms with Crippen LogP contribution in [0.3, 0.4) is 0 Å². The molecule has 0 bridgehead atoms. The van der Waals surface area contributed by atoms with Crippen LogP contribution >= 0.6 is 0 Å². The second-order valence-corrected chi connectivity index (χ2v) is 6.74. The summed E-state index contributed by atoms with van der Waals surface area (Å²) in [5.74, 6) is -0.0182. The van der Waals surface area contributed by atoms with Crippen LogP contribution in [0.5, 0.6) is 0 Å². The summed E-state index contributed by atoms with van der Waals surface area (Å²) in [7, 11) is 0. The third kappa shape index (κ3) is 5.06. The molecule has 136 valence electrons. The first-order valence-electron chi connectivity index (χ1n) is 9.25. The Kier molecular flexibility index (Phi) is 6.48. The van der Waals surface area contributed by atoms with E-state index in [1.807, 2.05) is 6.07 Å². The van der Waals surface area contributed by atoms with Crippen molar-refractivity contribution >= 4 is 5.91 Å². The Labute approximate surface area is 150 Å². The number of ether oxygens (including phenoxy) is 2. The highest BCUT2D eigenvalue weighted by Gasteiger charge is 2.29. The molecule has 0 aromatic heterocycles. The van der Waals surface area contributed by atoms with Crippen LogP contribution in [-0.2, 0) is 20.8 Å². The van der Waals surface area contributed by atoms with E-state index in [0.717, 1.165) is 44.5 Å². The number of carbonyl (C=O) groups excluding carboxylic acids is 1. The largest absolute Gasteiger partial charge is 0.501 e. The first kappa shape index (κ1) is 18.0. The van der Waals surface area contributed by atoms with Gasteiger partial charge in [-0.1, -0.05) is 37.3 Å². The first-order chi connectivity index (χ1) is 12.3. The second-order valence-electron chi connectivity index (χ2n) is 6.74. The van der Waals surface area contributed by atoms with E-state index in [9.17, 15) is 4.79 Å². The molecule has 1 aromatic rings. The predicted molar refractivity (Wildman–Crippen MR) is 96.9 cm³/mol. The number of morpholine rings is 1. The number of nitrogens with one attached hydrogen (secondary N) is 1. The van der Waals surface area contributed by atoms with E-state index in [1.54, 1.807) is 6.26 Å². The topological polar surface area (TPSA) is 50.8 Å². The van der Waals surface area contributed by atoms with E-state index in [0.29, 0.717) is 13.2 Å².